The standard InChI is InChI=1S/C35H40ClN7O9/c1-5-6-15-30-39-32(36)31(34(44)51-23(3)48-4)41(30)20-24-16-18-25(19-17-24)27-12-8-9-13-28(27)33(37)40-42(38)22(2)50-35(45)52-29-14-10-7-11-26(29)21-49-43(46)47/h7-14,16-19,22-23H,5-6,15,20-21,38H2,1-4H3,(H2,37,40). The fraction of sp³-hybridized carbons (Fsp3) is 0.314. The van der Waals surface area contributed by atoms with E-state index in [9.17, 15) is 19.7 Å². The van der Waals surface area contributed by atoms with Crippen LogP contribution in [0.2, 0.25) is 5.15 Å². The zero-order valence-corrected chi connectivity index (χ0v) is 29.8. The number of imidazole rings is 1. The lowest BCUT2D eigenvalue weighted by Crippen LogP contribution is -2.40. The van der Waals surface area contributed by atoms with Crippen LogP contribution in [-0.4, -0.2) is 57.3 Å². The Hall–Kier alpha value is -5.71. The summed E-state index contributed by atoms with van der Waals surface area (Å²) in [5, 5.41) is 14.8. The fourth-order valence-corrected chi connectivity index (χ4v) is 5.23. The Morgan fingerprint density at radius 3 is 2.44 bits per heavy atom. The van der Waals surface area contributed by atoms with E-state index in [0.29, 0.717) is 24.4 Å². The number of carbonyl (C=O) groups is 2. The van der Waals surface area contributed by atoms with Crippen molar-refractivity contribution in [3.8, 4) is 16.9 Å². The molecule has 2 atom stereocenters. The van der Waals surface area contributed by atoms with Crippen molar-refractivity contribution >= 4 is 29.6 Å². The molecule has 4 rings (SSSR count). The summed E-state index contributed by atoms with van der Waals surface area (Å²) in [4.78, 5) is 45.0. The molecule has 0 fully saturated rings. The van der Waals surface area contributed by atoms with Crippen LogP contribution < -0.4 is 16.3 Å². The maximum Gasteiger partial charge on any atom is 0.515 e. The first kappa shape index (κ1) is 39.1. The van der Waals surface area contributed by atoms with Gasteiger partial charge in [-0.05, 0) is 43.0 Å². The summed E-state index contributed by atoms with van der Waals surface area (Å²) in [5.41, 5.74) is 9.80. The highest BCUT2D eigenvalue weighted by molar-refractivity contribution is 6.32. The third-order valence-electron chi connectivity index (χ3n) is 7.72. The van der Waals surface area contributed by atoms with Crippen molar-refractivity contribution < 1.29 is 38.5 Å². The minimum atomic E-state index is -1.13. The first-order chi connectivity index (χ1) is 24.9. The molecule has 0 spiro atoms. The number of halogens is 1. The molecule has 0 aliphatic rings. The molecule has 0 radical (unpaired) electrons. The van der Waals surface area contributed by atoms with E-state index in [1.54, 1.807) is 35.8 Å². The smallest absolute Gasteiger partial charge is 0.431 e. The number of aryl methyl sites for hydroxylation is 1. The maximum atomic E-state index is 13.0. The lowest BCUT2D eigenvalue weighted by atomic mass is 9.98. The summed E-state index contributed by atoms with van der Waals surface area (Å²) in [6.45, 7) is 5.02. The zero-order chi connectivity index (χ0) is 37.8. The number of ether oxygens (including phenoxy) is 4. The number of hydrazone groups is 1. The molecule has 2 unspecified atom stereocenters. The number of hydrogen-bond donors (Lipinski definition) is 2. The average molecular weight is 738 g/mol. The van der Waals surface area contributed by atoms with Crippen molar-refractivity contribution in [1.82, 2.24) is 14.7 Å². The molecule has 0 bridgehead atoms. The van der Waals surface area contributed by atoms with Gasteiger partial charge in [0.25, 0.3) is 5.09 Å². The predicted molar refractivity (Wildman–Crippen MR) is 190 cm³/mol. The minimum Gasteiger partial charge on any atom is -0.431 e. The molecule has 3 aromatic carbocycles. The second-order valence-corrected chi connectivity index (χ2v) is 11.7. The Bertz CT molecular complexity index is 1880. The molecule has 0 amide bonds. The highest BCUT2D eigenvalue weighted by Gasteiger charge is 2.25. The molecular formula is C35H40ClN7O9. The number of unbranched alkanes of at least 4 members (excludes halogenated alkanes) is 1. The number of hydrazine groups is 1. The highest BCUT2D eigenvalue weighted by atomic mass is 35.5. The van der Waals surface area contributed by atoms with Crippen LogP contribution in [0.25, 0.3) is 11.1 Å². The van der Waals surface area contributed by atoms with Crippen LogP contribution in [-0.2, 0) is 38.6 Å². The lowest BCUT2D eigenvalue weighted by Gasteiger charge is -2.22. The number of amidine groups is 1. The van der Waals surface area contributed by atoms with Crippen LogP contribution in [0.5, 0.6) is 5.75 Å². The Kier molecular flexibility index (Phi) is 13.9. The molecular weight excluding hydrogens is 698 g/mol. The average Bonchev–Trinajstić information content (AvgIpc) is 3.44. The van der Waals surface area contributed by atoms with Crippen molar-refractivity contribution in [2.75, 3.05) is 7.11 Å². The van der Waals surface area contributed by atoms with Crippen molar-refractivity contribution in [2.24, 2.45) is 16.7 Å². The van der Waals surface area contributed by atoms with Crippen LogP contribution in [0.15, 0.2) is 77.9 Å². The van der Waals surface area contributed by atoms with E-state index in [4.69, 9.17) is 42.1 Å². The van der Waals surface area contributed by atoms with Gasteiger partial charge in [-0.3, -0.25) is 0 Å². The molecule has 0 saturated heterocycles. The van der Waals surface area contributed by atoms with Gasteiger partial charge in [-0.2, -0.15) is 5.12 Å². The molecule has 16 nitrogen and oxygen atoms in total. The summed E-state index contributed by atoms with van der Waals surface area (Å²) in [6.07, 6.45) is -0.589. The van der Waals surface area contributed by atoms with Crippen LogP contribution in [0.1, 0.15) is 66.6 Å². The van der Waals surface area contributed by atoms with E-state index in [1.807, 2.05) is 36.4 Å². The third-order valence-corrected chi connectivity index (χ3v) is 7.98. The van der Waals surface area contributed by atoms with Crippen molar-refractivity contribution in [1.29, 1.82) is 0 Å². The molecule has 0 aliphatic carbocycles. The van der Waals surface area contributed by atoms with Crippen LogP contribution in [0, 0.1) is 10.1 Å². The number of hydrogen-bond acceptors (Lipinski definition) is 13. The molecule has 4 N–H and O–H groups in total. The van der Waals surface area contributed by atoms with E-state index < -0.39 is 36.3 Å². The van der Waals surface area contributed by atoms with Gasteiger partial charge in [-0.1, -0.05) is 91.7 Å². The van der Waals surface area contributed by atoms with Crippen molar-refractivity contribution in [3.05, 3.63) is 116 Å². The molecule has 17 heteroatoms. The monoisotopic (exact) mass is 737 g/mol. The minimum absolute atomic E-state index is 0.0125. The normalized spacial score (nSPS) is 12.5. The van der Waals surface area contributed by atoms with Crippen molar-refractivity contribution in [3.63, 3.8) is 0 Å². The van der Waals surface area contributed by atoms with Gasteiger partial charge in [-0.25, -0.2) is 20.4 Å². The summed E-state index contributed by atoms with van der Waals surface area (Å²) in [6, 6.07) is 21.1. The number of rotatable bonds is 17. The van der Waals surface area contributed by atoms with Gasteiger partial charge in [0.1, 0.15) is 18.2 Å². The summed E-state index contributed by atoms with van der Waals surface area (Å²) in [7, 11) is 1.44. The molecule has 4 aromatic rings. The number of methoxy groups -OCH3 is 1. The zero-order valence-electron chi connectivity index (χ0n) is 29.1. The molecule has 0 saturated carbocycles. The SMILES string of the molecule is CCCCc1nc(Cl)c(C(=O)OC(C)OC)n1Cc1ccc(-c2ccccc2/C(N)=N/N(N)C(C)OC(=O)Oc2ccccc2CO[N+](=O)[O-])cc1. The van der Waals surface area contributed by atoms with Crippen LogP contribution >= 0.6 is 11.6 Å². The van der Waals surface area contributed by atoms with Crippen LogP contribution in [0.4, 0.5) is 4.79 Å². The second-order valence-electron chi connectivity index (χ2n) is 11.3. The van der Waals surface area contributed by atoms with E-state index in [2.05, 4.69) is 21.8 Å². The fourth-order valence-electron chi connectivity index (χ4n) is 4.95. The Labute approximate surface area is 304 Å². The van der Waals surface area contributed by atoms with Crippen LogP contribution in [0.3, 0.4) is 0 Å². The van der Waals surface area contributed by atoms with E-state index in [-0.39, 0.29) is 28.0 Å². The number of nitrogens with two attached hydrogens (primary N) is 2. The number of aromatic nitrogens is 2. The van der Waals surface area contributed by atoms with Crippen molar-refractivity contribution in [2.45, 2.75) is 65.7 Å². The number of nitrogens with zero attached hydrogens (tertiary/aromatic N) is 5. The summed E-state index contributed by atoms with van der Waals surface area (Å²) in [5.74, 6) is 6.17. The Balaban J connectivity index is 1.49. The molecule has 0 aliphatic heterocycles. The Morgan fingerprint density at radius 2 is 1.75 bits per heavy atom. The first-order valence-electron chi connectivity index (χ1n) is 16.2. The van der Waals surface area contributed by atoms with Gasteiger partial charge < -0.3 is 34.1 Å². The van der Waals surface area contributed by atoms with Gasteiger partial charge in [0, 0.05) is 31.2 Å². The molecule has 1 heterocycles. The lowest BCUT2D eigenvalue weighted by molar-refractivity contribution is -0.763. The third kappa shape index (κ3) is 10.4. The highest BCUT2D eigenvalue weighted by Crippen LogP contribution is 2.27. The summed E-state index contributed by atoms with van der Waals surface area (Å²) >= 11 is 6.44. The molecule has 52 heavy (non-hydrogen) atoms. The maximum absolute atomic E-state index is 13.0. The van der Waals surface area contributed by atoms with Gasteiger partial charge in [-0.15, -0.1) is 15.2 Å². The molecule has 1 aromatic heterocycles. The topological polar surface area (TPSA) is 209 Å². The number of para-hydroxylation sites is 1. The predicted octanol–water partition coefficient (Wildman–Crippen LogP) is 5.81. The van der Waals surface area contributed by atoms with Gasteiger partial charge >= 0.3 is 12.1 Å². The largest absolute Gasteiger partial charge is 0.515 e. The quantitative estimate of drug-likeness (QED) is 0.0192. The second kappa shape index (κ2) is 18.5. The van der Waals surface area contributed by atoms with Gasteiger partial charge in [0.2, 0.25) is 6.23 Å². The van der Waals surface area contributed by atoms with Gasteiger partial charge in [0.15, 0.2) is 23.0 Å². The van der Waals surface area contributed by atoms with E-state index in [0.717, 1.165) is 34.6 Å². The Morgan fingerprint density at radius 1 is 1.06 bits per heavy atom. The van der Waals surface area contributed by atoms with E-state index in [1.165, 1.54) is 26.2 Å². The number of esters is 1. The van der Waals surface area contributed by atoms with E-state index >= 15 is 0 Å². The first-order valence-corrected chi connectivity index (χ1v) is 16.6. The number of carbonyl (C=O) groups excluding carboxylic acids is 2. The molecule has 276 valence electrons. The summed E-state index contributed by atoms with van der Waals surface area (Å²) < 4.78 is 22.7. The number of benzene rings is 3. The van der Waals surface area contributed by atoms with Gasteiger partial charge in [0.05, 0.1) is 0 Å².